The van der Waals surface area contributed by atoms with Crippen molar-refractivity contribution in [1.82, 2.24) is 15.6 Å². The van der Waals surface area contributed by atoms with Crippen molar-refractivity contribution < 1.29 is 49.0 Å². The number of amides is 1. The molecule has 1 amide bonds. The highest BCUT2D eigenvalue weighted by molar-refractivity contribution is 5.94. The van der Waals surface area contributed by atoms with Crippen molar-refractivity contribution >= 4 is 29.6 Å². The second-order valence-electron chi connectivity index (χ2n) is 11.9. The van der Waals surface area contributed by atoms with Gasteiger partial charge in [-0.25, -0.2) is 14.2 Å². The van der Waals surface area contributed by atoms with Crippen LogP contribution in [0.1, 0.15) is 102 Å². The molecule has 0 fully saturated rings. The van der Waals surface area contributed by atoms with Crippen LogP contribution in [-0.4, -0.2) is 72.0 Å². The van der Waals surface area contributed by atoms with Crippen LogP contribution >= 0.6 is 0 Å². The summed E-state index contributed by atoms with van der Waals surface area (Å²) in [5.74, 6) is -7.76. The van der Waals surface area contributed by atoms with Gasteiger partial charge in [0, 0.05) is 24.8 Å². The van der Waals surface area contributed by atoms with Crippen LogP contribution in [0.5, 0.6) is 0 Å². The highest BCUT2D eigenvalue weighted by Gasteiger charge is 2.49. The number of carbonyl (C=O) groups is 5. The number of Topliss-reactive ketones (excluding diaryl/α,β-unsaturated/α-hetero) is 1. The lowest BCUT2D eigenvalue weighted by atomic mass is 9.82. The van der Waals surface area contributed by atoms with Gasteiger partial charge < -0.3 is 25.7 Å². The maximum Gasteiger partial charge on any atom is 0.337 e. The Balaban J connectivity index is 2.01. The van der Waals surface area contributed by atoms with Crippen molar-refractivity contribution in [2.45, 2.75) is 115 Å². The second kappa shape index (κ2) is 20.0. The minimum absolute atomic E-state index is 0.181. The first-order valence-corrected chi connectivity index (χ1v) is 16.2. The third-order valence-electron chi connectivity index (χ3n) is 7.99. The number of nitrogens with zero attached hydrogens (tertiary/aromatic N) is 2. The normalized spacial score (nSPS) is 13.9. The fourth-order valence-corrected chi connectivity index (χ4v) is 5.22. The number of aromatic nitrogens is 2. The Morgan fingerprint density at radius 3 is 2.04 bits per heavy atom. The quantitative estimate of drug-likeness (QED) is 0.0753. The Morgan fingerprint density at radius 2 is 1.51 bits per heavy atom. The Hall–Kier alpha value is -4.39. The van der Waals surface area contributed by atoms with E-state index in [2.05, 4.69) is 22.6 Å². The van der Waals surface area contributed by atoms with E-state index in [0.29, 0.717) is 48.2 Å². The van der Waals surface area contributed by atoms with Gasteiger partial charge in [-0.05, 0) is 43.3 Å². The lowest BCUT2D eigenvalue weighted by Crippen LogP contribution is -2.55. The summed E-state index contributed by atoms with van der Waals surface area (Å²) < 4.78 is 4.70. The predicted octanol–water partition coefficient (Wildman–Crippen LogP) is 4.89. The number of aryl methyl sites for hydroxylation is 1. The molecule has 13 heteroatoms. The van der Waals surface area contributed by atoms with E-state index in [9.17, 15) is 44.4 Å². The van der Waals surface area contributed by atoms with Gasteiger partial charge >= 0.3 is 17.9 Å². The predicted molar refractivity (Wildman–Crippen MR) is 171 cm³/mol. The third-order valence-corrected chi connectivity index (χ3v) is 7.99. The molecule has 0 radical (unpaired) electrons. The zero-order chi connectivity index (χ0) is 34.8. The maximum atomic E-state index is 13.3. The summed E-state index contributed by atoms with van der Waals surface area (Å²) >= 11 is 0. The minimum atomic E-state index is -3.03. The monoisotopic (exact) mass is 657 g/mol. The fraction of sp³-hybridized carbons (Fsp3) is 0.559. The molecular weight excluding hydrogens is 610 g/mol. The van der Waals surface area contributed by atoms with Crippen LogP contribution in [0.2, 0.25) is 0 Å². The summed E-state index contributed by atoms with van der Waals surface area (Å²) in [6.45, 7) is 3.86. The topological polar surface area (TPSA) is 217 Å². The standard InChI is InChI=1S/C34H47N3O10/c1-3-4-5-8-11-14-26(38)15-12-9-6-7-10-13-16-27(34(46,33(44)45)22-29(39)40)31(41)35-28(32(42)43)21-24-17-19-25(20-18-24)30-23(2)36-47-37-30/h13,16-20,27-28,46H,3-12,14-15,21-22H2,1-2H3,(H,35,41)(H,39,40)(H,42,43)(H,44,45)/b16-13+/t27-,28-,34-/m0/s1. The highest BCUT2D eigenvalue weighted by atomic mass is 16.6. The van der Waals surface area contributed by atoms with Crippen LogP contribution in [0.15, 0.2) is 41.0 Å². The molecule has 1 aromatic carbocycles. The molecular formula is C34H47N3O10. The van der Waals surface area contributed by atoms with Gasteiger partial charge in [-0.2, -0.15) is 0 Å². The van der Waals surface area contributed by atoms with Crippen molar-refractivity contribution in [1.29, 1.82) is 0 Å². The number of nitrogens with one attached hydrogen (secondary N) is 1. The van der Waals surface area contributed by atoms with Gasteiger partial charge in [0.25, 0.3) is 0 Å². The van der Waals surface area contributed by atoms with Crippen molar-refractivity contribution in [3.8, 4) is 11.3 Å². The van der Waals surface area contributed by atoms with Crippen LogP contribution in [0.3, 0.4) is 0 Å². The summed E-state index contributed by atoms with van der Waals surface area (Å²) in [6, 6.07) is 5.10. The molecule has 0 saturated carbocycles. The number of carbonyl (C=O) groups excluding carboxylic acids is 2. The highest BCUT2D eigenvalue weighted by Crippen LogP contribution is 2.26. The summed E-state index contributed by atoms with van der Waals surface area (Å²) in [4.78, 5) is 61.0. The number of unbranched alkanes of at least 4 members (excludes halogenated alkanes) is 8. The first-order valence-electron chi connectivity index (χ1n) is 16.2. The molecule has 1 heterocycles. The molecule has 3 atom stereocenters. The smallest absolute Gasteiger partial charge is 0.337 e. The lowest BCUT2D eigenvalue weighted by molar-refractivity contribution is -0.172. The minimum Gasteiger partial charge on any atom is -0.481 e. The Kier molecular flexibility index (Phi) is 16.5. The molecule has 47 heavy (non-hydrogen) atoms. The first-order chi connectivity index (χ1) is 22.4. The van der Waals surface area contributed by atoms with E-state index in [1.165, 1.54) is 12.5 Å². The molecule has 0 saturated heterocycles. The Bertz CT molecular complexity index is 1350. The average Bonchev–Trinajstić information content (AvgIpc) is 3.45. The number of aliphatic hydroxyl groups is 1. The molecule has 1 aromatic heterocycles. The summed E-state index contributed by atoms with van der Waals surface area (Å²) in [5, 5.41) is 49.6. The lowest BCUT2D eigenvalue weighted by Gasteiger charge is -2.29. The van der Waals surface area contributed by atoms with E-state index in [1.807, 2.05) is 0 Å². The van der Waals surface area contributed by atoms with Gasteiger partial charge in [-0.15, -0.1) is 0 Å². The molecule has 0 bridgehead atoms. The largest absolute Gasteiger partial charge is 0.481 e. The van der Waals surface area contributed by atoms with Crippen LogP contribution < -0.4 is 5.32 Å². The molecule has 2 rings (SSSR count). The number of carboxylic acids is 3. The zero-order valence-corrected chi connectivity index (χ0v) is 27.2. The molecule has 258 valence electrons. The number of aliphatic carboxylic acids is 3. The van der Waals surface area contributed by atoms with Gasteiger partial charge in [0.1, 0.15) is 23.2 Å². The maximum absolute atomic E-state index is 13.3. The molecule has 0 unspecified atom stereocenters. The number of hydrogen-bond acceptors (Lipinski definition) is 9. The van der Waals surface area contributed by atoms with E-state index in [-0.39, 0.29) is 12.2 Å². The van der Waals surface area contributed by atoms with Crippen LogP contribution in [0.25, 0.3) is 11.3 Å². The third kappa shape index (κ3) is 13.1. The summed E-state index contributed by atoms with van der Waals surface area (Å²) in [7, 11) is 0. The molecule has 0 aliphatic rings. The second-order valence-corrected chi connectivity index (χ2v) is 11.9. The number of benzene rings is 1. The van der Waals surface area contributed by atoms with Gasteiger partial charge in [-0.3, -0.25) is 14.4 Å². The zero-order valence-electron chi connectivity index (χ0n) is 27.2. The molecule has 0 aliphatic heterocycles. The van der Waals surface area contributed by atoms with Crippen molar-refractivity contribution in [3.05, 3.63) is 47.7 Å². The number of allylic oxidation sites excluding steroid dienone is 1. The van der Waals surface area contributed by atoms with E-state index >= 15 is 0 Å². The number of ketones is 1. The number of carboxylic acid groups (broad SMARTS) is 3. The average molecular weight is 658 g/mol. The fourth-order valence-electron chi connectivity index (χ4n) is 5.22. The van der Waals surface area contributed by atoms with Crippen molar-refractivity contribution in [2.75, 3.05) is 0 Å². The van der Waals surface area contributed by atoms with Gasteiger partial charge in [0.2, 0.25) is 5.91 Å². The van der Waals surface area contributed by atoms with E-state index < -0.39 is 47.8 Å². The van der Waals surface area contributed by atoms with Crippen LogP contribution in [0, 0.1) is 12.8 Å². The van der Waals surface area contributed by atoms with Crippen molar-refractivity contribution in [2.24, 2.45) is 5.92 Å². The molecule has 0 spiro atoms. The summed E-state index contributed by atoms with van der Waals surface area (Å²) in [6.07, 6.45) is 11.2. The summed E-state index contributed by atoms with van der Waals surface area (Å²) in [5.41, 5.74) is -0.752. The van der Waals surface area contributed by atoms with Gasteiger partial charge in [-0.1, -0.05) is 87.0 Å². The van der Waals surface area contributed by atoms with E-state index in [1.54, 1.807) is 31.2 Å². The number of hydrogen-bond donors (Lipinski definition) is 5. The molecule has 13 nitrogen and oxygen atoms in total. The van der Waals surface area contributed by atoms with Gasteiger partial charge in [0.15, 0.2) is 5.60 Å². The molecule has 5 N–H and O–H groups in total. The molecule has 2 aromatic rings. The van der Waals surface area contributed by atoms with Crippen molar-refractivity contribution in [3.63, 3.8) is 0 Å². The number of rotatable bonds is 24. The SMILES string of the molecule is CCCCCCCC(=O)CCCCCC/C=C/[C@@H](C(=O)N[C@@H](Cc1ccc(-c2nonc2C)cc1)C(=O)O)[C@@](O)(CC(=O)O)C(=O)O. The van der Waals surface area contributed by atoms with Gasteiger partial charge in [0.05, 0.1) is 12.3 Å². The Labute approximate surface area is 274 Å². The van der Waals surface area contributed by atoms with Crippen LogP contribution in [0.4, 0.5) is 0 Å². The van der Waals surface area contributed by atoms with Crippen LogP contribution in [-0.2, 0) is 30.4 Å². The van der Waals surface area contributed by atoms with E-state index in [0.717, 1.165) is 51.0 Å². The Morgan fingerprint density at radius 1 is 0.894 bits per heavy atom. The first kappa shape index (κ1) is 38.8. The molecule has 0 aliphatic carbocycles. The van der Waals surface area contributed by atoms with E-state index in [4.69, 9.17) is 4.63 Å².